The van der Waals surface area contributed by atoms with Crippen molar-refractivity contribution in [2.24, 2.45) is 0 Å². The van der Waals surface area contributed by atoms with Crippen LogP contribution >= 0.6 is 0 Å². The minimum absolute atomic E-state index is 0.188. The fourth-order valence-electron chi connectivity index (χ4n) is 4.39. The van der Waals surface area contributed by atoms with Crippen molar-refractivity contribution in [2.75, 3.05) is 36.1 Å². The first-order valence-electron chi connectivity index (χ1n) is 9.55. The molecule has 1 saturated heterocycles. The molecule has 4 rings (SSSR count). The van der Waals surface area contributed by atoms with Crippen LogP contribution in [0.5, 0.6) is 0 Å². The van der Waals surface area contributed by atoms with Crippen molar-refractivity contribution in [2.45, 2.75) is 30.7 Å². The molecule has 0 aromatic heterocycles. The Morgan fingerprint density at radius 2 is 1.89 bits per heavy atom. The molecular formula is C21H25N3O3S. The third-order valence-corrected chi connectivity index (χ3v) is 6.85. The zero-order valence-corrected chi connectivity index (χ0v) is 17.0. The summed E-state index contributed by atoms with van der Waals surface area (Å²) >= 11 is 0. The standard InChI is InChI=1S/C21H25N3O3S/c1-15-7-5-9-18(20(15)28(2,26)27)22-21(25)23-11-6-12-24-17(14-23)13-16-8-3-4-10-19(16)24/h3-5,7-10,17H,6,11-14H2,1-2H3,(H,22,25)/t17-/m0/s1. The zero-order chi connectivity index (χ0) is 19.9. The van der Waals surface area contributed by atoms with Gasteiger partial charge in [-0.25, -0.2) is 13.2 Å². The van der Waals surface area contributed by atoms with E-state index in [2.05, 4.69) is 34.5 Å². The number of carbonyl (C=O) groups excluding carboxylic acids is 1. The van der Waals surface area contributed by atoms with E-state index in [1.165, 1.54) is 17.5 Å². The molecule has 1 atom stereocenters. The average molecular weight is 400 g/mol. The first-order valence-corrected chi connectivity index (χ1v) is 11.4. The maximum Gasteiger partial charge on any atom is 0.321 e. The third kappa shape index (κ3) is 3.46. The van der Waals surface area contributed by atoms with Crippen molar-refractivity contribution in [3.63, 3.8) is 0 Å². The van der Waals surface area contributed by atoms with Gasteiger partial charge in [-0.05, 0) is 43.0 Å². The number of amides is 2. The van der Waals surface area contributed by atoms with Gasteiger partial charge in [-0.15, -0.1) is 0 Å². The molecule has 2 aromatic rings. The van der Waals surface area contributed by atoms with Crippen molar-refractivity contribution < 1.29 is 13.2 Å². The summed E-state index contributed by atoms with van der Waals surface area (Å²) in [6.07, 6.45) is 2.98. The lowest BCUT2D eigenvalue weighted by Crippen LogP contribution is -2.43. The first kappa shape index (κ1) is 18.8. The number of sulfone groups is 1. The second-order valence-corrected chi connectivity index (χ2v) is 9.59. The Bertz CT molecular complexity index is 1020. The number of hydrogen-bond acceptors (Lipinski definition) is 4. The van der Waals surface area contributed by atoms with Crippen molar-refractivity contribution in [1.29, 1.82) is 0 Å². The van der Waals surface area contributed by atoms with E-state index in [0.29, 0.717) is 24.3 Å². The highest BCUT2D eigenvalue weighted by molar-refractivity contribution is 7.91. The lowest BCUT2D eigenvalue weighted by Gasteiger charge is -2.27. The summed E-state index contributed by atoms with van der Waals surface area (Å²) in [5.74, 6) is 0. The summed E-state index contributed by atoms with van der Waals surface area (Å²) in [6, 6.07) is 13.6. The van der Waals surface area contributed by atoms with Gasteiger partial charge in [0.1, 0.15) is 0 Å². The number of carbonyl (C=O) groups is 1. The Labute approximate surface area is 166 Å². The SMILES string of the molecule is Cc1cccc(NC(=O)N2CCCN3c4ccccc4C[C@H]3C2)c1S(C)(=O)=O. The van der Waals surface area contributed by atoms with Crippen molar-refractivity contribution >= 4 is 27.2 Å². The van der Waals surface area contributed by atoms with E-state index >= 15 is 0 Å². The molecule has 28 heavy (non-hydrogen) atoms. The molecule has 148 valence electrons. The second kappa shape index (κ2) is 7.13. The summed E-state index contributed by atoms with van der Waals surface area (Å²) in [6.45, 7) is 3.94. The minimum Gasteiger partial charge on any atom is -0.366 e. The predicted molar refractivity (Wildman–Crippen MR) is 111 cm³/mol. The van der Waals surface area contributed by atoms with E-state index in [1.807, 2.05) is 4.90 Å². The van der Waals surface area contributed by atoms with E-state index < -0.39 is 9.84 Å². The fourth-order valence-corrected chi connectivity index (χ4v) is 5.56. The zero-order valence-electron chi connectivity index (χ0n) is 16.2. The van der Waals surface area contributed by atoms with Crippen LogP contribution in [0.25, 0.3) is 0 Å². The van der Waals surface area contributed by atoms with E-state index in [9.17, 15) is 13.2 Å². The second-order valence-electron chi connectivity index (χ2n) is 7.63. The van der Waals surface area contributed by atoms with E-state index in [4.69, 9.17) is 0 Å². The van der Waals surface area contributed by atoms with Crippen LogP contribution in [0, 0.1) is 6.92 Å². The molecule has 0 saturated carbocycles. The number of nitrogens with zero attached hydrogens (tertiary/aromatic N) is 2. The highest BCUT2D eigenvalue weighted by Crippen LogP contribution is 2.34. The third-order valence-electron chi connectivity index (χ3n) is 5.57. The Hall–Kier alpha value is -2.54. The quantitative estimate of drug-likeness (QED) is 0.843. The lowest BCUT2D eigenvalue weighted by atomic mass is 10.1. The van der Waals surface area contributed by atoms with Crippen molar-refractivity contribution in [3.8, 4) is 0 Å². The predicted octanol–water partition coefficient (Wildman–Crippen LogP) is 3.07. The number of hydrogen-bond donors (Lipinski definition) is 1. The topological polar surface area (TPSA) is 69.7 Å². The van der Waals surface area contributed by atoms with Crippen LogP contribution in [0.4, 0.5) is 16.2 Å². The molecule has 0 bridgehead atoms. The number of anilines is 2. The number of rotatable bonds is 2. The van der Waals surface area contributed by atoms with Crippen molar-refractivity contribution in [3.05, 3.63) is 53.6 Å². The van der Waals surface area contributed by atoms with Crippen LogP contribution in [0.2, 0.25) is 0 Å². The monoisotopic (exact) mass is 399 g/mol. The number of aryl methyl sites for hydroxylation is 1. The molecular weight excluding hydrogens is 374 g/mol. The number of para-hydroxylation sites is 1. The number of benzene rings is 2. The number of urea groups is 1. The summed E-state index contributed by atoms with van der Waals surface area (Å²) in [4.78, 5) is 17.4. The number of nitrogens with one attached hydrogen (secondary N) is 1. The molecule has 1 fully saturated rings. The molecule has 0 spiro atoms. The minimum atomic E-state index is -3.44. The molecule has 1 N–H and O–H groups in total. The van der Waals surface area contributed by atoms with Crippen LogP contribution in [0.3, 0.4) is 0 Å². The average Bonchev–Trinajstić information content (AvgIpc) is 2.83. The number of fused-ring (bicyclic) bond motifs is 3. The molecule has 0 radical (unpaired) electrons. The van der Waals surface area contributed by atoms with E-state index in [-0.39, 0.29) is 17.0 Å². The summed E-state index contributed by atoms with van der Waals surface area (Å²) in [7, 11) is -3.44. The van der Waals surface area contributed by atoms with Crippen LogP contribution in [-0.2, 0) is 16.3 Å². The maximum atomic E-state index is 13.0. The largest absolute Gasteiger partial charge is 0.366 e. The lowest BCUT2D eigenvalue weighted by molar-refractivity contribution is 0.211. The van der Waals surface area contributed by atoms with Gasteiger partial charge in [-0.1, -0.05) is 30.3 Å². The highest BCUT2D eigenvalue weighted by Gasteiger charge is 2.33. The maximum absolute atomic E-state index is 13.0. The van der Waals surface area contributed by atoms with E-state index in [1.54, 1.807) is 25.1 Å². The molecule has 2 heterocycles. The van der Waals surface area contributed by atoms with Gasteiger partial charge in [0.05, 0.1) is 16.6 Å². The Balaban J connectivity index is 1.54. The first-order chi connectivity index (χ1) is 13.3. The Kier molecular flexibility index (Phi) is 4.79. The van der Waals surface area contributed by atoms with Gasteiger partial charge < -0.3 is 15.1 Å². The molecule has 0 aliphatic carbocycles. The highest BCUT2D eigenvalue weighted by atomic mass is 32.2. The Morgan fingerprint density at radius 3 is 2.68 bits per heavy atom. The molecule has 2 aromatic carbocycles. The molecule has 6 nitrogen and oxygen atoms in total. The van der Waals surface area contributed by atoms with Gasteiger partial charge in [0.15, 0.2) is 9.84 Å². The molecule has 2 amide bonds. The van der Waals surface area contributed by atoms with E-state index in [0.717, 1.165) is 19.4 Å². The van der Waals surface area contributed by atoms with Gasteiger partial charge in [0, 0.05) is 31.6 Å². The van der Waals surface area contributed by atoms with Gasteiger partial charge in [0.2, 0.25) is 0 Å². The molecule has 2 aliphatic rings. The normalized spacial score (nSPS) is 19.0. The van der Waals surface area contributed by atoms with Gasteiger partial charge in [-0.3, -0.25) is 0 Å². The molecule has 0 unspecified atom stereocenters. The van der Waals surface area contributed by atoms with Crippen LogP contribution in [0.15, 0.2) is 47.4 Å². The summed E-state index contributed by atoms with van der Waals surface area (Å²) in [5, 5.41) is 2.85. The fraction of sp³-hybridized carbons (Fsp3) is 0.381. The molecule has 2 aliphatic heterocycles. The van der Waals surface area contributed by atoms with Gasteiger partial charge >= 0.3 is 6.03 Å². The van der Waals surface area contributed by atoms with Crippen LogP contribution in [0.1, 0.15) is 17.5 Å². The summed E-state index contributed by atoms with van der Waals surface area (Å²) in [5.41, 5.74) is 3.58. The van der Waals surface area contributed by atoms with Crippen LogP contribution < -0.4 is 10.2 Å². The molecule has 7 heteroatoms. The smallest absolute Gasteiger partial charge is 0.321 e. The summed E-state index contributed by atoms with van der Waals surface area (Å²) < 4.78 is 24.4. The Morgan fingerprint density at radius 1 is 1.11 bits per heavy atom. The van der Waals surface area contributed by atoms with Gasteiger partial charge in [0.25, 0.3) is 0 Å². The van der Waals surface area contributed by atoms with Gasteiger partial charge in [-0.2, -0.15) is 0 Å². The van der Waals surface area contributed by atoms with Crippen LogP contribution in [-0.4, -0.2) is 51.3 Å². The van der Waals surface area contributed by atoms with Crippen molar-refractivity contribution in [1.82, 2.24) is 4.90 Å².